The Labute approximate surface area is 176 Å². The van der Waals surface area contributed by atoms with Crippen molar-refractivity contribution >= 4 is 49.4 Å². The van der Waals surface area contributed by atoms with Crippen molar-refractivity contribution in [2.24, 2.45) is 7.05 Å². The fourth-order valence-electron chi connectivity index (χ4n) is 2.32. The molecule has 0 aliphatic rings. The van der Waals surface area contributed by atoms with Gasteiger partial charge in [-0.25, -0.2) is 8.42 Å². The zero-order valence-electron chi connectivity index (χ0n) is 15.8. The maximum atomic E-state index is 12.4. The van der Waals surface area contributed by atoms with E-state index >= 15 is 0 Å². The molecule has 0 aliphatic heterocycles. The van der Waals surface area contributed by atoms with Gasteiger partial charge in [0.15, 0.2) is 0 Å². The lowest BCUT2D eigenvalue weighted by Crippen LogP contribution is -2.51. The number of sulfonamides is 1. The SMILES string of the molecule is CC(=O)Nc1ccc(S(=O)(=O)N[C@@H](C)C(=O)NNC(=O)c2cc(Br)cn2C)cc1. The number of carbonyl (C=O) groups excluding carboxylic acids is 3. The smallest absolute Gasteiger partial charge is 0.286 e. The van der Waals surface area contributed by atoms with Gasteiger partial charge in [0.25, 0.3) is 11.8 Å². The zero-order chi connectivity index (χ0) is 21.8. The molecule has 29 heavy (non-hydrogen) atoms. The van der Waals surface area contributed by atoms with Crippen LogP contribution in [0.1, 0.15) is 24.3 Å². The molecule has 0 fully saturated rings. The summed E-state index contributed by atoms with van der Waals surface area (Å²) in [6, 6.07) is 5.87. The number of hydrogen-bond acceptors (Lipinski definition) is 5. The first-order valence-electron chi connectivity index (χ1n) is 8.31. The molecular formula is C17H20BrN5O5S. The average molecular weight is 486 g/mol. The molecule has 0 saturated carbocycles. The minimum Gasteiger partial charge on any atom is -0.345 e. The highest BCUT2D eigenvalue weighted by molar-refractivity contribution is 9.10. The quantitative estimate of drug-likeness (QED) is 0.449. The van der Waals surface area contributed by atoms with E-state index in [9.17, 15) is 22.8 Å². The molecule has 0 bridgehead atoms. The van der Waals surface area contributed by atoms with E-state index in [1.54, 1.807) is 23.9 Å². The van der Waals surface area contributed by atoms with Crippen molar-refractivity contribution in [3.8, 4) is 0 Å². The highest BCUT2D eigenvalue weighted by atomic mass is 79.9. The second kappa shape index (κ2) is 9.20. The predicted molar refractivity (Wildman–Crippen MR) is 109 cm³/mol. The molecule has 0 unspecified atom stereocenters. The van der Waals surface area contributed by atoms with Gasteiger partial charge in [-0.3, -0.25) is 25.2 Å². The summed E-state index contributed by atoms with van der Waals surface area (Å²) in [6.45, 7) is 2.67. The van der Waals surface area contributed by atoms with Gasteiger partial charge < -0.3 is 9.88 Å². The Bertz CT molecular complexity index is 1030. The fourth-order valence-corrected chi connectivity index (χ4v) is 4.04. The molecule has 2 rings (SSSR count). The van der Waals surface area contributed by atoms with E-state index < -0.39 is 27.9 Å². The number of nitrogens with zero attached hydrogens (tertiary/aromatic N) is 1. The Morgan fingerprint density at radius 1 is 1.10 bits per heavy atom. The second-order valence-corrected chi connectivity index (χ2v) is 8.78. The maximum Gasteiger partial charge on any atom is 0.286 e. The number of aryl methyl sites for hydroxylation is 1. The van der Waals surface area contributed by atoms with Crippen molar-refractivity contribution < 1.29 is 22.8 Å². The molecule has 1 atom stereocenters. The molecule has 10 nitrogen and oxygen atoms in total. The number of rotatable bonds is 6. The monoisotopic (exact) mass is 485 g/mol. The number of nitrogens with one attached hydrogen (secondary N) is 4. The number of benzene rings is 1. The van der Waals surface area contributed by atoms with Crippen LogP contribution < -0.4 is 20.9 Å². The van der Waals surface area contributed by atoms with Crippen LogP contribution in [0.3, 0.4) is 0 Å². The van der Waals surface area contributed by atoms with Gasteiger partial charge in [0.05, 0.1) is 10.9 Å². The summed E-state index contributed by atoms with van der Waals surface area (Å²) in [5.74, 6) is -1.59. The van der Waals surface area contributed by atoms with Crippen LogP contribution in [0, 0.1) is 0 Å². The van der Waals surface area contributed by atoms with Crippen molar-refractivity contribution in [1.29, 1.82) is 0 Å². The number of hydrogen-bond donors (Lipinski definition) is 4. The number of anilines is 1. The Balaban J connectivity index is 1.96. The third kappa shape index (κ3) is 6.14. The summed E-state index contributed by atoms with van der Waals surface area (Å²) in [6.07, 6.45) is 1.67. The predicted octanol–water partition coefficient (Wildman–Crippen LogP) is 0.874. The van der Waals surface area contributed by atoms with Crippen LogP contribution in [-0.4, -0.2) is 36.7 Å². The van der Waals surface area contributed by atoms with Crippen LogP contribution >= 0.6 is 15.9 Å². The molecule has 1 aromatic heterocycles. The van der Waals surface area contributed by atoms with Gasteiger partial charge in [0, 0.05) is 30.3 Å². The molecular weight excluding hydrogens is 466 g/mol. The zero-order valence-corrected chi connectivity index (χ0v) is 18.2. The highest BCUT2D eigenvalue weighted by Crippen LogP contribution is 2.15. The lowest BCUT2D eigenvalue weighted by molar-refractivity contribution is -0.123. The molecule has 0 spiro atoms. The first kappa shape index (κ1) is 22.6. The third-order valence-corrected chi connectivity index (χ3v) is 5.70. The first-order valence-corrected chi connectivity index (χ1v) is 10.6. The number of carbonyl (C=O) groups is 3. The van der Waals surface area contributed by atoms with E-state index in [0.29, 0.717) is 15.9 Å². The Morgan fingerprint density at radius 3 is 2.24 bits per heavy atom. The van der Waals surface area contributed by atoms with E-state index in [-0.39, 0.29) is 10.8 Å². The molecule has 156 valence electrons. The normalized spacial score (nSPS) is 12.1. The van der Waals surface area contributed by atoms with E-state index in [0.717, 1.165) is 0 Å². The minimum absolute atomic E-state index is 0.0797. The number of halogens is 1. The molecule has 0 saturated heterocycles. The third-order valence-electron chi connectivity index (χ3n) is 3.71. The fraction of sp³-hybridized carbons (Fsp3) is 0.235. The molecule has 12 heteroatoms. The van der Waals surface area contributed by atoms with Crippen molar-refractivity contribution in [2.75, 3.05) is 5.32 Å². The molecule has 1 aromatic carbocycles. The number of aromatic nitrogens is 1. The summed E-state index contributed by atoms with van der Waals surface area (Å²) in [5.41, 5.74) is 5.15. The van der Waals surface area contributed by atoms with Gasteiger partial charge in [0.2, 0.25) is 15.9 Å². The van der Waals surface area contributed by atoms with Gasteiger partial charge in [-0.15, -0.1) is 0 Å². The first-order chi connectivity index (χ1) is 13.5. The average Bonchev–Trinajstić information content (AvgIpc) is 2.97. The Kier molecular flexibility index (Phi) is 7.16. The minimum atomic E-state index is -3.99. The van der Waals surface area contributed by atoms with E-state index in [1.807, 2.05) is 0 Å². The number of amides is 3. The van der Waals surface area contributed by atoms with Crippen LogP contribution in [0.25, 0.3) is 0 Å². The van der Waals surface area contributed by atoms with Gasteiger partial charge >= 0.3 is 0 Å². The van der Waals surface area contributed by atoms with E-state index in [2.05, 4.69) is 36.8 Å². The topological polar surface area (TPSA) is 138 Å². The van der Waals surface area contributed by atoms with Crippen LogP contribution in [0.15, 0.2) is 45.9 Å². The van der Waals surface area contributed by atoms with E-state index in [4.69, 9.17) is 0 Å². The molecule has 3 amide bonds. The van der Waals surface area contributed by atoms with Crippen LogP contribution in [0.2, 0.25) is 0 Å². The summed E-state index contributed by atoms with van der Waals surface area (Å²) in [4.78, 5) is 35.2. The molecule has 2 aromatic rings. The largest absolute Gasteiger partial charge is 0.345 e. The van der Waals surface area contributed by atoms with Crippen LogP contribution in [0.5, 0.6) is 0 Å². The Hall–Kier alpha value is -2.70. The van der Waals surface area contributed by atoms with Crippen LogP contribution in [0.4, 0.5) is 5.69 Å². The second-order valence-electron chi connectivity index (χ2n) is 6.15. The summed E-state index contributed by atoms with van der Waals surface area (Å²) in [7, 11) is -2.33. The number of hydrazine groups is 1. The summed E-state index contributed by atoms with van der Waals surface area (Å²) in [5, 5.41) is 2.53. The van der Waals surface area contributed by atoms with Gasteiger partial charge in [-0.2, -0.15) is 4.72 Å². The molecule has 1 heterocycles. The standard InChI is InChI=1S/C17H20BrN5O5S/c1-10(16(25)20-21-17(26)15-8-12(18)9-23(15)3)22-29(27,28)14-6-4-13(5-7-14)19-11(2)24/h4-10,22H,1-3H3,(H,19,24)(H,20,25)(H,21,26)/t10-/m0/s1. The van der Waals surface area contributed by atoms with Gasteiger partial charge in [0.1, 0.15) is 5.69 Å². The van der Waals surface area contributed by atoms with Crippen LogP contribution in [-0.2, 0) is 26.7 Å². The summed E-state index contributed by atoms with van der Waals surface area (Å²) < 4.78 is 29.3. The molecule has 4 N–H and O–H groups in total. The van der Waals surface area contributed by atoms with E-state index in [1.165, 1.54) is 38.1 Å². The van der Waals surface area contributed by atoms with Crippen molar-refractivity contribution in [3.63, 3.8) is 0 Å². The lowest BCUT2D eigenvalue weighted by atomic mass is 10.3. The Morgan fingerprint density at radius 2 is 1.72 bits per heavy atom. The van der Waals surface area contributed by atoms with Gasteiger partial charge in [-0.05, 0) is 53.2 Å². The highest BCUT2D eigenvalue weighted by Gasteiger charge is 2.23. The van der Waals surface area contributed by atoms with Crippen molar-refractivity contribution in [2.45, 2.75) is 24.8 Å². The maximum absolute atomic E-state index is 12.4. The molecule has 0 radical (unpaired) electrons. The summed E-state index contributed by atoms with van der Waals surface area (Å²) >= 11 is 3.24. The lowest BCUT2D eigenvalue weighted by Gasteiger charge is -2.15. The molecule has 0 aliphatic carbocycles. The van der Waals surface area contributed by atoms with Gasteiger partial charge in [-0.1, -0.05) is 0 Å². The van der Waals surface area contributed by atoms with Crippen molar-refractivity contribution in [1.82, 2.24) is 20.1 Å². The van der Waals surface area contributed by atoms with Crippen molar-refractivity contribution in [3.05, 3.63) is 46.7 Å².